The van der Waals surface area contributed by atoms with Gasteiger partial charge in [0.2, 0.25) is 0 Å². The fourth-order valence-electron chi connectivity index (χ4n) is 2.17. The molecule has 4 heteroatoms. The number of aromatic nitrogens is 2. The maximum Gasteiger partial charge on any atom is 0.0521 e. The molecular formula is C15H18BrClN2. The lowest BCUT2D eigenvalue weighted by molar-refractivity contribution is 0.581. The van der Waals surface area contributed by atoms with Gasteiger partial charge in [0.1, 0.15) is 0 Å². The molecule has 2 nitrogen and oxygen atoms in total. The molecule has 0 amide bonds. The smallest absolute Gasteiger partial charge is 0.0521 e. The van der Waals surface area contributed by atoms with Crippen LogP contribution in [0.25, 0.3) is 0 Å². The second kappa shape index (κ2) is 7.11. The highest BCUT2D eigenvalue weighted by Gasteiger charge is 2.12. The van der Waals surface area contributed by atoms with Gasteiger partial charge in [-0.15, -0.1) is 11.6 Å². The van der Waals surface area contributed by atoms with E-state index in [9.17, 15) is 0 Å². The lowest BCUT2D eigenvalue weighted by atomic mass is 9.95. The molecule has 2 rings (SSSR count). The SMILES string of the molecule is CCn1cc(CC(CCl)Cc2ccccc2Br)cn1. The number of nitrogens with zero attached hydrogens (tertiary/aromatic N) is 2. The van der Waals surface area contributed by atoms with E-state index in [2.05, 4.69) is 52.3 Å². The number of benzene rings is 1. The molecule has 0 spiro atoms. The van der Waals surface area contributed by atoms with Gasteiger partial charge in [-0.3, -0.25) is 4.68 Å². The highest BCUT2D eigenvalue weighted by atomic mass is 79.9. The highest BCUT2D eigenvalue weighted by Crippen LogP contribution is 2.22. The van der Waals surface area contributed by atoms with E-state index < -0.39 is 0 Å². The molecule has 0 aliphatic heterocycles. The van der Waals surface area contributed by atoms with Crippen LogP contribution in [0, 0.1) is 5.92 Å². The van der Waals surface area contributed by atoms with Crippen molar-refractivity contribution in [3.05, 3.63) is 52.3 Å². The van der Waals surface area contributed by atoms with Crippen LogP contribution in [-0.4, -0.2) is 15.7 Å². The van der Waals surface area contributed by atoms with E-state index in [1.807, 2.05) is 16.9 Å². The second-order valence-electron chi connectivity index (χ2n) is 4.72. The summed E-state index contributed by atoms with van der Waals surface area (Å²) < 4.78 is 3.12. The summed E-state index contributed by atoms with van der Waals surface area (Å²) in [5.74, 6) is 1.11. The van der Waals surface area contributed by atoms with E-state index in [4.69, 9.17) is 11.6 Å². The number of hydrogen-bond acceptors (Lipinski definition) is 1. The summed E-state index contributed by atoms with van der Waals surface area (Å²) >= 11 is 9.71. The standard InChI is InChI=1S/C15H18BrClN2/c1-2-19-11-13(10-18-19)7-12(9-17)8-14-5-3-4-6-15(14)16/h3-6,10-12H,2,7-9H2,1H3. The predicted molar refractivity (Wildman–Crippen MR) is 83.7 cm³/mol. The van der Waals surface area contributed by atoms with Gasteiger partial charge in [-0.2, -0.15) is 5.10 Å². The van der Waals surface area contributed by atoms with E-state index >= 15 is 0 Å². The summed E-state index contributed by atoms with van der Waals surface area (Å²) in [5.41, 5.74) is 2.58. The van der Waals surface area contributed by atoms with Gasteiger partial charge in [0.15, 0.2) is 0 Å². The third-order valence-corrected chi connectivity index (χ3v) is 4.43. The number of aryl methyl sites for hydroxylation is 1. The zero-order valence-electron chi connectivity index (χ0n) is 11.0. The molecule has 1 aromatic heterocycles. The lowest BCUT2D eigenvalue weighted by Gasteiger charge is -2.14. The first-order valence-corrected chi connectivity index (χ1v) is 7.86. The van der Waals surface area contributed by atoms with Crippen LogP contribution in [-0.2, 0) is 19.4 Å². The first kappa shape index (κ1) is 14.6. The Kier molecular flexibility index (Phi) is 5.46. The summed E-state index contributed by atoms with van der Waals surface area (Å²) in [6.07, 6.45) is 6.02. The van der Waals surface area contributed by atoms with Gasteiger partial charge in [-0.1, -0.05) is 34.1 Å². The fraction of sp³-hybridized carbons (Fsp3) is 0.400. The van der Waals surface area contributed by atoms with Crippen molar-refractivity contribution in [2.24, 2.45) is 5.92 Å². The molecule has 0 fully saturated rings. The Hall–Kier alpha value is -0.800. The molecule has 0 saturated carbocycles. The van der Waals surface area contributed by atoms with Crippen molar-refractivity contribution in [3.8, 4) is 0 Å². The van der Waals surface area contributed by atoms with Gasteiger partial charge in [-0.05, 0) is 42.9 Å². The van der Waals surface area contributed by atoms with Crippen molar-refractivity contribution >= 4 is 27.5 Å². The minimum Gasteiger partial charge on any atom is -0.273 e. The third kappa shape index (κ3) is 4.08. The van der Waals surface area contributed by atoms with Crippen LogP contribution in [0.2, 0.25) is 0 Å². The molecular weight excluding hydrogens is 324 g/mol. The number of alkyl halides is 1. The van der Waals surface area contributed by atoms with Crippen molar-refractivity contribution in [2.45, 2.75) is 26.3 Å². The topological polar surface area (TPSA) is 17.8 Å². The largest absolute Gasteiger partial charge is 0.273 e. The Bertz CT molecular complexity index is 524. The molecule has 0 N–H and O–H groups in total. The van der Waals surface area contributed by atoms with E-state index in [1.165, 1.54) is 11.1 Å². The maximum atomic E-state index is 6.12. The summed E-state index contributed by atoms with van der Waals surface area (Å²) in [5, 5.41) is 4.31. The van der Waals surface area contributed by atoms with E-state index in [-0.39, 0.29) is 0 Å². The average Bonchev–Trinajstić information content (AvgIpc) is 2.88. The van der Waals surface area contributed by atoms with Crippen LogP contribution in [0.4, 0.5) is 0 Å². The molecule has 2 aromatic rings. The van der Waals surface area contributed by atoms with Gasteiger partial charge in [-0.25, -0.2) is 0 Å². The molecule has 1 heterocycles. The second-order valence-corrected chi connectivity index (χ2v) is 5.89. The predicted octanol–water partition coefficient (Wildman–Crippen LogP) is 4.31. The van der Waals surface area contributed by atoms with Gasteiger partial charge in [0.05, 0.1) is 6.20 Å². The monoisotopic (exact) mass is 340 g/mol. The van der Waals surface area contributed by atoms with Crippen molar-refractivity contribution in [3.63, 3.8) is 0 Å². The van der Waals surface area contributed by atoms with Gasteiger partial charge >= 0.3 is 0 Å². The minimum atomic E-state index is 0.440. The summed E-state index contributed by atoms with van der Waals surface area (Å²) in [7, 11) is 0. The van der Waals surface area contributed by atoms with E-state index in [0.29, 0.717) is 11.8 Å². The fourth-order valence-corrected chi connectivity index (χ4v) is 2.84. The molecule has 0 aliphatic rings. The van der Waals surface area contributed by atoms with Crippen LogP contribution in [0.5, 0.6) is 0 Å². The van der Waals surface area contributed by atoms with Crippen LogP contribution in [0.1, 0.15) is 18.1 Å². The maximum absolute atomic E-state index is 6.12. The first-order valence-electron chi connectivity index (χ1n) is 6.53. The summed E-state index contributed by atoms with van der Waals surface area (Å²) in [6.45, 7) is 3.01. The molecule has 102 valence electrons. The Labute approximate surface area is 127 Å². The minimum absolute atomic E-state index is 0.440. The molecule has 1 aromatic carbocycles. The lowest BCUT2D eigenvalue weighted by Crippen LogP contribution is -2.10. The van der Waals surface area contributed by atoms with E-state index in [1.54, 1.807) is 0 Å². The molecule has 0 saturated heterocycles. The average molecular weight is 342 g/mol. The Morgan fingerprint density at radius 1 is 1.32 bits per heavy atom. The van der Waals surface area contributed by atoms with Gasteiger partial charge in [0, 0.05) is 23.1 Å². The zero-order valence-corrected chi connectivity index (χ0v) is 13.4. The van der Waals surface area contributed by atoms with Crippen molar-refractivity contribution < 1.29 is 0 Å². The molecule has 1 atom stereocenters. The highest BCUT2D eigenvalue weighted by molar-refractivity contribution is 9.10. The summed E-state index contributed by atoms with van der Waals surface area (Å²) in [4.78, 5) is 0. The quantitative estimate of drug-likeness (QED) is 0.716. The van der Waals surface area contributed by atoms with Gasteiger partial charge in [0.25, 0.3) is 0 Å². The molecule has 19 heavy (non-hydrogen) atoms. The van der Waals surface area contributed by atoms with Gasteiger partial charge < -0.3 is 0 Å². The van der Waals surface area contributed by atoms with Crippen molar-refractivity contribution in [2.75, 3.05) is 5.88 Å². The zero-order chi connectivity index (χ0) is 13.7. The Morgan fingerprint density at radius 3 is 2.74 bits per heavy atom. The number of halogens is 2. The summed E-state index contributed by atoms with van der Waals surface area (Å²) in [6, 6.07) is 8.34. The van der Waals surface area contributed by atoms with E-state index in [0.717, 1.165) is 23.9 Å². The third-order valence-electron chi connectivity index (χ3n) is 3.22. The molecule has 0 bridgehead atoms. The Morgan fingerprint density at radius 2 is 2.11 bits per heavy atom. The van der Waals surface area contributed by atoms with Crippen LogP contribution in [0.3, 0.4) is 0 Å². The molecule has 1 unspecified atom stereocenters. The Balaban J connectivity index is 2.02. The van der Waals surface area contributed by atoms with Crippen LogP contribution >= 0.6 is 27.5 Å². The van der Waals surface area contributed by atoms with Crippen LogP contribution < -0.4 is 0 Å². The van der Waals surface area contributed by atoms with Crippen molar-refractivity contribution in [1.29, 1.82) is 0 Å². The first-order chi connectivity index (χ1) is 9.22. The molecule has 0 radical (unpaired) electrons. The number of rotatable bonds is 6. The molecule has 0 aliphatic carbocycles. The van der Waals surface area contributed by atoms with Crippen molar-refractivity contribution in [1.82, 2.24) is 9.78 Å². The normalized spacial score (nSPS) is 12.6. The van der Waals surface area contributed by atoms with Crippen LogP contribution in [0.15, 0.2) is 41.1 Å². The number of hydrogen-bond donors (Lipinski definition) is 0.